The lowest BCUT2D eigenvalue weighted by molar-refractivity contribution is -0.137. The van der Waals surface area contributed by atoms with Gasteiger partial charge >= 0.3 is 12.0 Å². The number of urea groups is 1. The van der Waals surface area contributed by atoms with E-state index in [2.05, 4.69) is 10.6 Å². The zero-order valence-corrected chi connectivity index (χ0v) is 12.6. The van der Waals surface area contributed by atoms with Crippen molar-refractivity contribution in [1.29, 1.82) is 0 Å². The molecule has 1 aliphatic heterocycles. The van der Waals surface area contributed by atoms with Gasteiger partial charge in [-0.2, -0.15) is 0 Å². The zero-order chi connectivity index (χ0) is 15.2. The van der Waals surface area contributed by atoms with Gasteiger partial charge in [-0.15, -0.1) is 0 Å². The summed E-state index contributed by atoms with van der Waals surface area (Å²) < 4.78 is 5.31. The summed E-state index contributed by atoms with van der Waals surface area (Å²) in [6.07, 6.45) is 2.37. The second-order valence-corrected chi connectivity index (χ2v) is 6.11. The van der Waals surface area contributed by atoms with Crippen LogP contribution >= 0.6 is 0 Å². The van der Waals surface area contributed by atoms with Gasteiger partial charge in [-0.05, 0) is 46.0 Å². The number of nitrogens with one attached hydrogen (secondary N) is 2. The van der Waals surface area contributed by atoms with Gasteiger partial charge in [-0.3, -0.25) is 4.79 Å². The van der Waals surface area contributed by atoms with Crippen molar-refractivity contribution in [3.8, 4) is 0 Å². The highest BCUT2D eigenvalue weighted by molar-refractivity contribution is 5.75. The molecule has 6 nitrogen and oxygen atoms in total. The molecule has 0 aliphatic carbocycles. The van der Waals surface area contributed by atoms with Crippen LogP contribution in [0.25, 0.3) is 0 Å². The van der Waals surface area contributed by atoms with Crippen LogP contribution in [0.4, 0.5) is 4.79 Å². The molecule has 1 unspecified atom stereocenters. The first-order valence-corrected chi connectivity index (χ1v) is 7.18. The summed E-state index contributed by atoms with van der Waals surface area (Å²) in [4.78, 5) is 22.5. The third kappa shape index (κ3) is 6.23. The maximum Gasteiger partial charge on any atom is 0.315 e. The Morgan fingerprint density at radius 2 is 1.95 bits per heavy atom. The summed E-state index contributed by atoms with van der Waals surface area (Å²) in [5.41, 5.74) is -0.530. The number of hydrogen-bond acceptors (Lipinski definition) is 3. The highest BCUT2D eigenvalue weighted by Gasteiger charge is 2.25. The number of hydrogen-bond donors (Lipinski definition) is 3. The Morgan fingerprint density at radius 1 is 1.35 bits per heavy atom. The van der Waals surface area contributed by atoms with Crippen LogP contribution in [0.5, 0.6) is 0 Å². The number of amides is 2. The van der Waals surface area contributed by atoms with Crippen LogP contribution in [-0.4, -0.2) is 41.9 Å². The second kappa shape index (κ2) is 7.47. The highest BCUT2D eigenvalue weighted by Crippen LogP contribution is 2.18. The minimum atomic E-state index is -0.851. The molecule has 1 atom stereocenters. The molecule has 1 heterocycles. The fourth-order valence-corrected chi connectivity index (χ4v) is 2.37. The summed E-state index contributed by atoms with van der Waals surface area (Å²) in [7, 11) is 0. The molecule has 0 saturated carbocycles. The number of carboxylic acids is 1. The largest absolute Gasteiger partial charge is 0.481 e. The van der Waals surface area contributed by atoms with Gasteiger partial charge in [0.2, 0.25) is 0 Å². The van der Waals surface area contributed by atoms with Gasteiger partial charge in [0.25, 0.3) is 0 Å². The van der Waals surface area contributed by atoms with Crippen molar-refractivity contribution in [3.63, 3.8) is 0 Å². The predicted molar refractivity (Wildman–Crippen MR) is 75.6 cm³/mol. The molecule has 6 heteroatoms. The summed E-state index contributed by atoms with van der Waals surface area (Å²) in [5.74, 6) is -0.410. The molecule has 0 aromatic heterocycles. The maximum atomic E-state index is 12.0. The Bertz CT molecular complexity index is 338. The Labute approximate surface area is 120 Å². The van der Waals surface area contributed by atoms with Gasteiger partial charge in [-0.25, -0.2) is 4.79 Å². The molecular weight excluding hydrogens is 260 g/mol. The van der Waals surface area contributed by atoms with Crippen LogP contribution in [0.1, 0.15) is 46.5 Å². The molecule has 1 aliphatic rings. The molecule has 0 spiro atoms. The van der Waals surface area contributed by atoms with E-state index in [1.807, 2.05) is 20.8 Å². The van der Waals surface area contributed by atoms with Gasteiger partial charge in [0, 0.05) is 31.2 Å². The first-order valence-electron chi connectivity index (χ1n) is 7.18. The fourth-order valence-electron chi connectivity index (χ4n) is 2.37. The van der Waals surface area contributed by atoms with Crippen molar-refractivity contribution in [2.75, 3.05) is 13.2 Å². The van der Waals surface area contributed by atoms with E-state index in [0.717, 1.165) is 26.1 Å². The molecule has 0 bridgehead atoms. The van der Waals surface area contributed by atoms with Gasteiger partial charge < -0.3 is 20.5 Å². The van der Waals surface area contributed by atoms with E-state index in [1.54, 1.807) is 0 Å². The second-order valence-electron chi connectivity index (χ2n) is 6.11. The summed E-state index contributed by atoms with van der Waals surface area (Å²) >= 11 is 0. The first kappa shape index (κ1) is 16.8. The van der Waals surface area contributed by atoms with E-state index in [1.165, 1.54) is 0 Å². The molecular formula is C14H26N2O4. The molecule has 116 valence electrons. The normalized spacial score (nSPS) is 18.4. The van der Waals surface area contributed by atoms with E-state index < -0.39 is 11.5 Å². The van der Waals surface area contributed by atoms with Crippen molar-refractivity contribution in [1.82, 2.24) is 10.6 Å². The Balaban J connectivity index is 2.35. The van der Waals surface area contributed by atoms with Gasteiger partial charge in [0.05, 0.1) is 0 Å². The van der Waals surface area contributed by atoms with Crippen LogP contribution in [0.15, 0.2) is 0 Å². The average Bonchev–Trinajstić information content (AvgIpc) is 2.37. The first-order chi connectivity index (χ1) is 9.30. The standard InChI is InChI=1S/C14H26N2O4/c1-10(11-5-8-20-9-6-11)15-13(19)16-14(2,3)7-4-12(17)18/h10-11H,4-9H2,1-3H3,(H,17,18)(H2,15,16,19). The molecule has 3 N–H and O–H groups in total. The Morgan fingerprint density at radius 3 is 2.50 bits per heavy atom. The van der Waals surface area contributed by atoms with E-state index >= 15 is 0 Å². The van der Waals surface area contributed by atoms with Gasteiger partial charge in [0.1, 0.15) is 0 Å². The van der Waals surface area contributed by atoms with Crippen molar-refractivity contribution < 1.29 is 19.4 Å². The smallest absolute Gasteiger partial charge is 0.315 e. The van der Waals surface area contributed by atoms with Crippen LogP contribution in [0, 0.1) is 5.92 Å². The molecule has 0 aromatic carbocycles. The number of carboxylic acid groups (broad SMARTS) is 1. The summed E-state index contributed by atoms with van der Waals surface area (Å²) in [6, 6.07) is -0.145. The number of ether oxygens (including phenoxy) is 1. The van der Waals surface area contributed by atoms with Crippen LogP contribution in [-0.2, 0) is 9.53 Å². The van der Waals surface area contributed by atoms with Gasteiger partial charge in [0.15, 0.2) is 0 Å². The third-order valence-electron chi connectivity index (χ3n) is 3.75. The SMILES string of the molecule is CC(NC(=O)NC(C)(C)CCC(=O)O)C1CCOCC1. The molecule has 0 aromatic rings. The van der Waals surface area contributed by atoms with Crippen LogP contribution in [0.2, 0.25) is 0 Å². The van der Waals surface area contributed by atoms with Crippen molar-refractivity contribution in [3.05, 3.63) is 0 Å². The van der Waals surface area contributed by atoms with Crippen molar-refractivity contribution >= 4 is 12.0 Å². The summed E-state index contributed by atoms with van der Waals surface area (Å²) in [6.45, 7) is 7.16. The molecule has 20 heavy (non-hydrogen) atoms. The van der Waals surface area contributed by atoms with Crippen molar-refractivity contribution in [2.24, 2.45) is 5.92 Å². The quantitative estimate of drug-likeness (QED) is 0.694. The third-order valence-corrected chi connectivity index (χ3v) is 3.75. The molecule has 1 rings (SSSR count). The lowest BCUT2D eigenvalue weighted by Crippen LogP contribution is -2.52. The number of aliphatic carboxylic acids is 1. The molecule has 0 radical (unpaired) electrons. The maximum absolute atomic E-state index is 12.0. The fraction of sp³-hybridized carbons (Fsp3) is 0.857. The van der Waals surface area contributed by atoms with Crippen LogP contribution < -0.4 is 10.6 Å². The van der Waals surface area contributed by atoms with Crippen molar-refractivity contribution in [2.45, 2.75) is 58.0 Å². The number of rotatable bonds is 6. The van der Waals surface area contributed by atoms with Crippen LogP contribution in [0.3, 0.4) is 0 Å². The Hall–Kier alpha value is -1.30. The lowest BCUT2D eigenvalue weighted by Gasteiger charge is -2.31. The number of carbonyl (C=O) groups is 2. The van der Waals surface area contributed by atoms with E-state index in [-0.39, 0.29) is 18.5 Å². The van der Waals surface area contributed by atoms with E-state index in [0.29, 0.717) is 12.3 Å². The average molecular weight is 286 g/mol. The molecule has 2 amide bonds. The predicted octanol–water partition coefficient (Wildman–Crippen LogP) is 1.74. The zero-order valence-electron chi connectivity index (χ0n) is 12.6. The minimum Gasteiger partial charge on any atom is -0.481 e. The molecule has 1 saturated heterocycles. The summed E-state index contributed by atoms with van der Waals surface area (Å²) in [5, 5.41) is 14.5. The monoisotopic (exact) mass is 286 g/mol. The topological polar surface area (TPSA) is 87.7 Å². The number of carbonyl (C=O) groups excluding carboxylic acids is 1. The Kier molecular flexibility index (Phi) is 6.26. The minimum absolute atomic E-state index is 0.0444. The lowest BCUT2D eigenvalue weighted by atomic mass is 9.93. The van der Waals surface area contributed by atoms with E-state index in [9.17, 15) is 9.59 Å². The highest BCUT2D eigenvalue weighted by atomic mass is 16.5. The van der Waals surface area contributed by atoms with Gasteiger partial charge in [-0.1, -0.05) is 0 Å². The van der Waals surface area contributed by atoms with E-state index in [4.69, 9.17) is 9.84 Å². The molecule has 1 fully saturated rings.